The molecule has 1 aromatic heterocycles. The van der Waals surface area contributed by atoms with Crippen LogP contribution in [0.15, 0.2) is 48.8 Å². The summed E-state index contributed by atoms with van der Waals surface area (Å²) in [5.41, 5.74) is 2.00. The van der Waals surface area contributed by atoms with Crippen LogP contribution in [0.25, 0.3) is 0 Å². The van der Waals surface area contributed by atoms with Gasteiger partial charge in [-0.2, -0.15) is 0 Å². The van der Waals surface area contributed by atoms with Crippen molar-refractivity contribution in [1.29, 1.82) is 0 Å². The number of carbonyl (C=O) groups excluding carboxylic acids is 1. The molecule has 5 nitrogen and oxygen atoms in total. The molecule has 1 amide bonds. The molecule has 2 rings (SSSR count). The Morgan fingerprint density at radius 2 is 1.86 bits per heavy atom. The van der Waals surface area contributed by atoms with Gasteiger partial charge in [0.1, 0.15) is 5.75 Å². The van der Waals surface area contributed by atoms with E-state index < -0.39 is 0 Å². The van der Waals surface area contributed by atoms with Crippen LogP contribution in [0, 0.1) is 0 Å². The lowest BCUT2D eigenvalue weighted by Crippen LogP contribution is -2.36. The maximum Gasteiger partial charge on any atom is 0.239 e. The number of anilines is 1. The summed E-state index contributed by atoms with van der Waals surface area (Å²) in [5.74, 6) is 0.780. The zero-order valence-electron chi connectivity index (χ0n) is 13.1. The van der Waals surface area contributed by atoms with Crippen LogP contribution in [-0.4, -0.2) is 31.6 Å². The minimum absolute atomic E-state index is 0.0253. The second-order valence-corrected chi connectivity index (χ2v) is 5.12. The van der Waals surface area contributed by atoms with Crippen LogP contribution in [0.5, 0.6) is 5.75 Å². The molecular formula is C17H21N3O2. The van der Waals surface area contributed by atoms with Crippen molar-refractivity contribution in [2.24, 2.45) is 0 Å². The van der Waals surface area contributed by atoms with Crippen LogP contribution < -0.4 is 15.0 Å². The second-order valence-electron chi connectivity index (χ2n) is 5.12. The van der Waals surface area contributed by atoms with Gasteiger partial charge in [0, 0.05) is 25.1 Å². The second kappa shape index (κ2) is 7.45. The number of hydrogen-bond acceptors (Lipinski definition) is 4. The Hall–Kier alpha value is -2.56. The van der Waals surface area contributed by atoms with Gasteiger partial charge >= 0.3 is 0 Å². The summed E-state index contributed by atoms with van der Waals surface area (Å²) < 4.78 is 5.13. The number of ether oxygens (including phenoxy) is 1. The highest BCUT2D eigenvalue weighted by Crippen LogP contribution is 2.17. The van der Waals surface area contributed by atoms with Crippen molar-refractivity contribution in [3.8, 4) is 5.75 Å². The number of benzene rings is 1. The SMILES string of the molecule is COc1ccc([C@@H](C)NC(=O)CN(C)c2ccncc2)cc1. The number of aromatic nitrogens is 1. The number of methoxy groups -OCH3 is 1. The van der Waals surface area contributed by atoms with Crippen molar-refractivity contribution in [2.75, 3.05) is 25.6 Å². The average molecular weight is 299 g/mol. The van der Waals surface area contributed by atoms with E-state index in [1.54, 1.807) is 19.5 Å². The first-order chi connectivity index (χ1) is 10.6. The summed E-state index contributed by atoms with van der Waals surface area (Å²) in [7, 11) is 3.52. The Morgan fingerprint density at radius 1 is 1.23 bits per heavy atom. The molecule has 0 bridgehead atoms. The molecule has 0 aliphatic rings. The van der Waals surface area contributed by atoms with Crippen LogP contribution in [-0.2, 0) is 4.79 Å². The normalized spacial score (nSPS) is 11.6. The van der Waals surface area contributed by atoms with Gasteiger partial charge in [0.05, 0.1) is 19.7 Å². The van der Waals surface area contributed by atoms with Crippen LogP contribution in [0.3, 0.4) is 0 Å². The number of amides is 1. The molecule has 0 saturated heterocycles. The quantitative estimate of drug-likeness (QED) is 0.890. The molecule has 0 spiro atoms. The molecule has 1 N–H and O–H groups in total. The Labute approximate surface area is 130 Å². The molecule has 1 aromatic carbocycles. The lowest BCUT2D eigenvalue weighted by Gasteiger charge is -2.21. The van der Waals surface area contributed by atoms with Crippen LogP contribution >= 0.6 is 0 Å². The van der Waals surface area contributed by atoms with Crippen LogP contribution in [0.1, 0.15) is 18.5 Å². The fourth-order valence-electron chi connectivity index (χ4n) is 2.17. The predicted molar refractivity (Wildman–Crippen MR) is 87.1 cm³/mol. The van der Waals surface area contributed by atoms with Crippen LogP contribution in [0.4, 0.5) is 5.69 Å². The maximum absolute atomic E-state index is 12.1. The molecule has 0 fully saturated rings. The monoisotopic (exact) mass is 299 g/mol. The molecule has 0 unspecified atom stereocenters. The van der Waals surface area contributed by atoms with Gasteiger partial charge in [-0.05, 0) is 36.8 Å². The lowest BCUT2D eigenvalue weighted by atomic mass is 10.1. The van der Waals surface area contributed by atoms with Gasteiger partial charge in [0.25, 0.3) is 0 Å². The first-order valence-electron chi connectivity index (χ1n) is 7.14. The van der Waals surface area contributed by atoms with E-state index in [1.807, 2.05) is 55.3 Å². The minimum atomic E-state index is -0.0516. The Bertz CT molecular complexity index is 599. The average Bonchev–Trinajstić information content (AvgIpc) is 2.55. The third kappa shape index (κ3) is 4.22. The van der Waals surface area contributed by atoms with Gasteiger partial charge in [-0.15, -0.1) is 0 Å². The summed E-state index contributed by atoms with van der Waals surface area (Å²) in [5, 5.41) is 3.00. The Balaban J connectivity index is 1.90. The Morgan fingerprint density at radius 3 is 2.45 bits per heavy atom. The van der Waals surface area contributed by atoms with Crippen molar-refractivity contribution in [1.82, 2.24) is 10.3 Å². The highest BCUT2D eigenvalue weighted by Gasteiger charge is 2.12. The first kappa shape index (κ1) is 15.8. The molecule has 1 atom stereocenters. The van der Waals surface area contributed by atoms with E-state index in [2.05, 4.69) is 10.3 Å². The minimum Gasteiger partial charge on any atom is -0.497 e. The summed E-state index contributed by atoms with van der Waals surface area (Å²) >= 11 is 0. The number of pyridine rings is 1. The van der Waals surface area contributed by atoms with E-state index in [0.29, 0.717) is 6.54 Å². The fraction of sp³-hybridized carbons (Fsp3) is 0.294. The fourth-order valence-corrected chi connectivity index (χ4v) is 2.17. The van der Waals surface area contributed by atoms with Crippen molar-refractivity contribution in [2.45, 2.75) is 13.0 Å². The summed E-state index contributed by atoms with van der Waals surface area (Å²) in [6.45, 7) is 2.26. The Kier molecular flexibility index (Phi) is 5.36. The number of carbonyl (C=O) groups is 1. The van der Waals surface area contributed by atoms with Gasteiger partial charge in [0.2, 0.25) is 5.91 Å². The number of hydrogen-bond donors (Lipinski definition) is 1. The zero-order chi connectivity index (χ0) is 15.9. The number of nitrogens with zero attached hydrogens (tertiary/aromatic N) is 2. The van der Waals surface area contributed by atoms with E-state index >= 15 is 0 Å². The van der Waals surface area contributed by atoms with Gasteiger partial charge in [0.15, 0.2) is 0 Å². The van der Waals surface area contributed by atoms with Crippen molar-refractivity contribution >= 4 is 11.6 Å². The van der Waals surface area contributed by atoms with Gasteiger partial charge in [-0.1, -0.05) is 12.1 Å². The largest absolute Gasteiger partial charge is 0.497 e. The van der Waals surface area contributed by atoms with E-state index in [-0.39, 0.29) is 11.9 Å². The summed E-state index contributed by atoms with van der Waals surface area (Å²) in [4.78, 5) is 18.0. The highest BCUT2D eigenvalue weighted by atomic mass is 16.5. The number of likely N-dealkylation sites (N-methyl/N-ethyl adjacent to an activating group) is 1. The molecule has 0 radical (unpaired) electrons. The standard InChI is InChI=1S/C17H21N3O2/c1-13(14-4-6-16(22-3)7-5-14)19-17(21)12-20(2)15-8-10-18-11-9-15/h4-11,13H,12H2,1-3H3,(H,19,21)/t13-/m1/s1. The molecule has 1 heterocycles. The van der Waals surface area contributed by atoms with E-state index in [1.165, 1.54) is 0 Å². The van der Waals surface area contributed by atoms with Crippen molar-refractivity contribution in [3.63, 3.8) is 0 Å². The molecular weight excluding hydrogens is 278 g/mol. The highest BCUT2D eigenvalue weighted by molar-refractivity contribution is 5.81. The van der Waals surface area contributed by atoms with Crippen LogP contribution in [0.2, 0.25) is 0 Å². The molecule has 2 aromatic rings. The smallest absolute Gasteiger partial charge is 0.239 e. The van der Waals surface area contributed by atoms with Crippen molar-refractivity contribution < 1.29 is 9.53 Å². The lowest BCUT2D eigenvalue weighted by molar-refractivity contribution is -0.120. The summed E-state index contributed by atoms with van der Waals surface area (Å²) in [6, 6.07) is 11.4. The van der Waals surface area contributed by atoms with Crippen molar-refractivity contribution in [3.05, 3.63) is 54.4 Å². The van der Waals surface area contributed by atoms with Gasteiger partial charge in [-0.3, -0.25) is 9.78 Å². The molecule has 116 valence electrons. The van der Waals surface area contributed by atoms with E-state index in [9.17, 15) is 4.79 Å². The van der Waals surface area contributed by atoms with Gasteiger partial charge in [-0.25, -0.2) is 0 Å². The topological polar surface area (TPSA) is 54.5 Å². The third-order valence-electron chi connectivity index (χ3n) is 3.48. The van der Waals surface area contributed by atoms with E-state index in [0.717, 1.165) is 17.0 Å². The summed E-state index contributed by atoms with van der Waals surface area (Å²) in [6.07, 6.45) is 3.42. The van der Waals surface area contributed by atoms with Gasteiger partial charge < -0.3 is 15.0 Å². The molecule has 0 aliphatic carbocycles. The predicted octanol–water partition coefficient (Wildman–Crippen LogP) is 2.40. The molecule has 0 saturated carbocycles. The third-order valence-corrected chi connectivity index (χ3v) is 3.48. The molecule has 0 aliphatic heterocycles. The number of nitrogens with one attached hydrogen (secondary N) is 1. The zero-order valence-corrected chi connectivity index (χ0v) is 13.1. The molecule has 22 heavy (non-hydrogen) atoms. The maximum atomic E-state index is 12.1. The number of rotatable bonds is 6. The first-order valence-corrected chi connectivity index (χ1v) is 7.14. The molecule has 5 heteroatoms. The van der Waals surface area contributed by atoms with E-state index in [4.69, 9.17) is 4.74 Å².